The van der Waals surface area contributed by atoms with Crippen molar-refractivity contribution in [1.82, 2.24) is 4.98 Å². The van der Waals surface area contributed by atoms with E-state index in [-0.39, 0.29) is 11.9 Å². The van der Waals surface area contributed by atoms with E-state index in [1.54, 1.807) is 0 Å². The molecule has 5 rings (SSSR count). The van der Waals surface area contributed by atoms with Gasteiger partial charge in [-0.2, -0.15) is 0 Å². The molecule has 4 nitrogen and oxygen atoms in total. The first-order valence-electron chi connectivity index (χ1n) is 12.4. The molecule has 0 N–H and O–H groups in total. The van der Waals surface area contributed by atoms with E-state index in [4.69, 9.17) is 4.74 Å². The normalized spacial score (nSPS) is 26.6. The van der Waals surface area contributed by atoms with Crippen LogP contribution in [-0.4, -0.2) is 16.7 Å². The molecule has 2 saturated carbocycles. The molecule has 1 aromatic carbocycles. The largest absolute Gasteiger partial charge is 0.426 e. The van der Waals surface area contributed by atoms with E-state index in [1.165, 1.54) is 54.9 Å². The van der Waals surface area contributed by atoms with Crippen LogP contribution in [0.25, 0.3) is 0 Å². The van der Waals surface area contributed by atoms with Crippen molar-refractivity contribution in [3.63, 3.8) is 0 Å². The highest BCUT2D eigenvalue weighted by Gasteiger charge is 2.47. The smallest absolute Gasteiger partial charge is 0.308 e. The van der Waals surface area contributed by atoms with E-state index >= 15 is 0 Å². The zero-order valence-electron chi connectivity index (χ0n) is 19.0. The Bertz CT molecular complexity index is 999. The van der Waals surface area contributed by atoms with Gasteiger partial charge in [-0.1, -0.05) is 25.0 Å². The number of esters is 1. The summed E-state index contributed by atoms with van der Waals surface area (Å²) in [5.41, 5.74) is 5.05. The molecule has 3 aliphatic carbocycles. The Hall–Kier alpha value is -2.49. The van der Waals surface area contributed by atoms with Gasteiger partial charge >= 0.3 is 5.97 Å². The molecular formula is C28H33NO3. The van der Waals surface area contributed by atoms with E-state index in [9.17, 15) is 9.59 Å². The Morgan fingerprint density at radius 3 is 2.69 bits per heavy atom. The lowest BCUT2D eigenvalue weighted by Gasteiger charge is -2.49. The summed E-state index contributed by atoms with van der Waals surface area (Å²) in [7, 11) is 0. The number of ether oxygens (including phenoxy) is 1. The summed E-state index contributed by atoms with van der Waals surface area (Å²) in [5.74, 6) is 2.79. The molecule has 32 heavy (non-hydrogen) atoms. The van der Waals surface area contributed by atoms with Gasteiger partial charge in [0, 0.05) is 37.7 Å². The second-order valence-corrected chi connectivity index (χ2v) is 10.0. The van der Waals surface area contributed by atoms with Crippen LogP contribution in [-0.2, 0) is 22.4 Å². The van der Waals surface area contributed by atoms with Crippen LogP contribution < -0.4 is 4.74 Å². The number of carbonyl (C=O) groups is 2. The van der Waals surface area contributed by atoms with Crippen LogP contribution >= 0.6 is 0 Å². The van der Waals surface area contributed by atoms with Crippen molar-refractivity contribution in [1.29, 1.82) is 0 Å². The third-order valence-electron chi connectivity index (χ3n) is 8.00. The number of hydrogen-bond acceptors (Lipinski definition) is 4. The lowest BCUT2D eigenvalue weighted by molar-refractivity contribution is -0.132. The first-order chi connectivity index (χ1) is 15.6. The number of aromatic nitrogens is 1. The maximum absolute atomic E-state index is 12.5. The molecule has 4 heteroatoms. The fourth-order valence-corrected chi connectivity index (χ4v) is 6.75. The number of benzene rings is 1. The van der Waals surface area contributed by atoms with Gasteiger partial charge in [0.15, 0.2) is 0 Å². The molecule has 2 fully saturated rings. The molecule has 0 spiro atoms. The van der Waals surface area contributed by atoms with Gasteiger partial charge in [0.1, 0.15) is 11.5 Å². The molecule has 0 aliphatic heterocycles. The molecule has 4 atom stereocenters. The molecule has 0 bridgehead atoms. The van der Waals surface area contributed by atoms with Crippen LogP contribution in [0.4, 0.5) is 0 Å². The average Bonchev–Trinajstić information content (AvgIpc) is 2.79. The van der Waals surface area contributed by atoms with Gasteiger partial charge in [0.05, 0.1) is 0 Å². The standard InChI is InChI=1S/C28H33NO3/c1-18(30)32-27-15-20(7-4-6-19-8-5-13-29-17-19)14-25-23-10-3-2-9-22(23)24-12-11-21(31)16-26(24)28(25)27/h5,8,13-15,17,22-24,26H,2-4,6-7,9-12,16H2,1H3/t22-,23+,24-,26+/m1/s1. The molecule has 0 radical (unpaired) electrons. The van der Waals surface area contributed by atoms with Gasteiger partial charge in [-0.3, -0.25) is 14.6 Å². The summed E-state index contributed by atoms with van der Waals surface area (Å²) in [5, 5.41) is 0. The summed E-state index contributed by atoms with van der Waals surface area (Å²) in [6.07, 6.45) is 14.1. The number of hydrogen-bond donors (Lipinski definition) is 0. The quantitative estimate of drug-likeness (QED) is 0.435. The van der Waals surface area contributed by atoms with Crippen molar-refractivity contribution in [2.75, 3.05) is 0 Å². The van der Waals surface area contributed by atoms with Gasteiger partial charge in [-0.15, -0.1) is 0 Å². The summed E-state index contributed by atoms with van der Waals surface area (Å²) in [6.45, 7) is 1.48. The highest BCUT2D eigenvalue weighted by molar-refractivity contribution is 5.81. The van der Waals surface area contributed by atoms with E-state index in [2.05, 4.69) is 23.2 Å². The number of nitrogens with zero attached hydrogens (tertiary/aromatic N) is 1. The van der Waals surface area contributed by atoms with Crippen LogP contribution in [0.15, 0.2) is 36.7 Å². The van der Waals surface area contributed by atoms with Crippen molar-refractivity contribution in [3.8, 4) is 5.75 Å². The van der Waals surface area contributed by atoms with Crippen molar-refractivity contribution in [2.24, 2.45) is 11.8 Å². The summed E-state index contributed by atoms with van der Waals surface area (Å²) in [4.78, 5) is 28.7. The van der Waals surface area contributed by atoms with Gasteiger partial charge in [0.2, 0.25) is 0 Å². The number of rotatable bonds is 5. The lowest BCUT2D eigenvalue weighted by atomic mass is 9.55. The average molecular weight is 432 g/mol. The number of pyridine rings is 1. The van der Waals surface area contributed by atoms with E-state index < -0.39 is 0 Å². The van der Waals surface area contributed by atoms with Crippen LogP contribution in [0.1, 0.15) is 92.4 Å². The second kappa shape index (κ2) is 9.17. The maximum atomic E-state index is 12.5. The molecule has 0 unspecified atom stereocenters. The maximum Gasteiger partial charge on any atom is 0.308 e. The third-order valence-corrected chi connectivity index (χ3v) is 8.00. The fourth-order valence-electron chi connectivity index (χ4n) is 6.75. The molecule has 0 amide bonds. The highest BCUT2D eigenvalue weighted by atomic mass is 16.5. The Labute approximate surface area is 190 Å². The Morgan fingerprint density at radius 2 is 1.88 bits per heavy atom. The highest BCUT2D eigenvalue weighted by Crippen LogP contribution is 2.58. The molecule has 168 valence electrons. The van der Waals surface area contributed by atoms with Gasteiger partial charge < -0.3 is 4.74 Å². The van der Waals surface area contributed by atoms with Crippen LogP contribution in [0.5, 0.6) is 5.75 Å². The zero-order valence-corrected chi connectivity index (χ0v) is 19.0. The third kappa shape index (κ3) is 4.24. The summed E-state index contributed by atoms with van der Waals surface area (Å²) in [6, 6.07) is 8.59. The van der Waals surface area contributed by atoms with Gasteiger partial charge in [0.25, 0.3) is 0 Å². The first kappa shape index (κ1) is 21.4. The summed E-state index contributed by atoms with van der Waals surface area (Å²) >= 11 is 0. The molecule has 3 aliphatic rings. The van der Waals surface area contributed by atoms with E-state index in [0.717, 1.165) is 37.9 Å². The minimum Gasteiger partial charge on any atom is -0.426 e. The predicted octanol–water partition coefficient (Wildman–Crippen LogP) is 5.92. The monoisotopic (exact) mass is 431 g/mol. The van der Waals surface area contributed by atoms with E-state index in [1.807, 2.05) is 18.5 Å². The molecule has 0 saturated heterocycles. The molecule has 2 aromatic rings. The lowest BCUT2D eigenvalue weighted by Crippen LogP contribution is -2.39. The number of carbonyl (C=O) groups excluding carboxylic acids is 2. The van der Waals surface area contributed by atoms with Gasteiger partial charge in [-0.05, 0) is 91.0 Å². The van der Waals surface area contributed by atoms with Crippen LogP contribution in [0.3, 0.4) is 0 Å². The predicted molar refractivity (Wildman–Crippen MR) is 124 cm³/mol. The van der Waals surface area contributed by atoms with Crippen molar-refractivity contribution in [2.45, 2.75) is 83.0 Å². The SMILES string of the molecule is CC(=O)Oc1cc(CCCc2cccnc2)cc2c1[C@H]1CC(=O)CC[C@@H]1[C@@H]1CCCC[C@H]21. The van der Waals surface area contributed by atoms with Crippen molar-refractivity contribution in [3.05, 3.63) is 58.9 Å². The minimum absolute atomic E-state index is 0.212. The second-order valence-electron chi connectivity index (χ2n) is 10.0. The Morgan fingerprint density at radius 1 is 1.06 bits per heavy atom. The number of Topliss-reactive ketones (excluding diaryl/α,β-unsaturated/α-hetero) is 1. The summed E-state index contributed by atoms with van der Waals surface area (Å²) < 4.78 is 5.82. The number of ketones is 1. The van der Waals surface area contributed by atoms with Crippen LogP contribution in [0.2, 0.25) is 0 Å². The Balaban J connectivity index is 1.50. The van der Waals surface area contributed by atoms with Gasteiger partial charge in [-0.25, -0.2) is 0 Å². The first-order valence-corrected chi connectivity index (χ1v) is 12.4. The minimum atomic E-state index is -0.274. The van der Waals surface area contributed by atoms with Crippen molar-refractivity contribution >= 4 is 11.8 Å². The van der Waals surface area contributed by atoms with Crippen molar-refractivity contribution < 1.29 is 14.3 Å². The van der Waals surface area contributed by atoms with E-state index in [0.29, 0.717) is 30.0 Å². The Kier molecular flexibility index (Phi) is 6.12. The number of aryl methyl sites for hydroxylation is 2. The molecule has 1 aromatic heterocycles. The number of fused-ring (bicyclic) bond motifs is 6. The molecular weight excluding hydrogens is 398 g/mol. The topological polar surface area (TPSA) is 56.3 Å². The van der Waals surface area contributed by atoms with Crippen LogP contribution in [0, 0.1) is 11.8 Å². The fraction of sp³-hybridized carbons (Fsp3) is 0.536. The molecule has 1 heterocycles. The zero-order chi connectivity index (χ0) is 22.1.